The number of aliphatic carboxylic acids is 2. The van der Waals surface area contributed by atoms with Crippen molar-refractivity contribution in [2.45, 2.75) is 74.5 Å². The zero-order chi connectivity index (χ0) is 27.8. The Morgan fingerprint density at radius 2 is 1.73 bits per heavy atom. The smallest absolute Gasteiger partial charge is 0.342 e. The molecular weight excluding hydrogens is 492 g/mol. The van der Waals surface area contributed by atoms with Gasteiger partial charge in [-0.05, 0) is 24.0 Å². The van der Waals surface area contributed by atoms with Crippen LogP contribution in [0, 0.1) is 5.92 Å². The SMILES string of the molecule is C=C(CC[C@]12O[C@H](CO)[C@@](O)(C(=O)O)[C@](C(=O)O)(O1)[C@H](O)[C@H]2O)[C@@H](OC(C)=O)[C@H](C)Cc1ccccc1. The molecule has 2 aliphatic heterocycles. The van der Waals surface area contributed by atoms with Gasteiger partial charge in [0.25, 0.3) is 0 Å². The largest absolute Gasteiger partial charge is 0.479 e. The number of aliphatic hydroxyl groups is 4. The number of esters is 1. The molecule has 3 rings (SSSR count). The van der Waals surface area contributed by atoms with E-state index in [2.05, 4.69) is 6.58 Å². The molecule has 2 heterocycles. The number of carbonyl (C=O) groups is 3. The van der Waals surface area contributed by atoms with E-state index in [0.29, 0.717) is 12.0 Å². The molecule has 12 heteroatoms. The van der Waals surface area contributed by atoms with Gasteiger partial charge in [0.2, 0.25) is 11.2 Å². The highest BCUT2D eigenvalue weighted by Gasteiger charge is 2.83. The van der Waals surface area contributed by atoms with Gasteiger partial charge in [-0.25, -0.2) is 9.59 Å². The molecule has 2 aliphatic rings. The van der Waals surface area contributed by atoms with Crippen LogP contribution in [-0.4, -0.2) is 96.6 Å². The van der Waals surface area contributed by atoms with Gasteiger partial charge in [-0.15, -0.1) is 0 Å². The highest BCUT2D eigenvalue weighted by atomic mass is 16.8. The summed E-state index contributed by atoms with van der Waals surface area (Å²) in [6.45, 7) is 5.90. The molecule has 2 bridgehead atoms. The number of ether oxygens (including phenoxy) is 3. The molecular formula is C25H32O12. The lowest BCUT2D eigenvalue weighted by atomic mass is 9.75. The lowest BCUT2D eigenvalue weighted by Gasteiger charge is -2.49. The molecule has 2 fully saturated rings. The standard InChI is InChI=1S/C25H32O12/c1-13(18(35-15(3)27)14(2)11-16-7-5-4-6-8-16)9-10-23-19(28)20(29)25(37-23,22(32)33)24(34,21(30)31)17(12-26)36-23/h4-8,14,17-20,26,28-29,34H,1,9-12H2,2-3H3,(H,30,31)(H,32,33)/t14-,17-,18-,19-,20-,23+,24-,25+/m1/s1. The maximum Gasteiger partial charge on any atom is 0.342 e. The first-order valence-corrected chi connectivity index (χ1v) is 11.7. The van der Waals surface area contributed by atoms with Crippen LogP contribution in [0.2, 0.25) is 0 Å². The monoisotopic (exact) mass is 524 g/mol. The van der Waals surface area contributed by atoms with Crippen LogP contribution in [0.3, 0.4) is 0 Å². The molecule has 0 spiro atoms. The van der Waals surface area contributed by atoms with Crippen molar-refractivity contribution in [3.05, 3.63) is 48.0 Å². The van der Waals surface area contributed by atoms with Crippen molar-refractivity contribution in [2.75, 3.05) is 6.61 Å². The van der Waals surface area contributed by atoms with Crippen molar-refractivity contribution in [2.24, 2.45) is 5.92 Å². The van der Waals surface area contributed by atoms with Crippen LogP contribution in [0.4, 0.5) is 0 Å². The first-order valence-electron chi connectivity index (χ1n) is 11.7. The van der Waals surface area contributed by atoms with Gasteiger partial charge < -0.3 is 44.8 Å². The summed E-state index contributed by atoms with van der Waals surface area (Å²) in [5, 5.41) is 61.6. The highest BCUT2D eigenvalue weighted by molar-refractivity contribution is 5.93. The van der Waals surface area contributed by atoms with E-state index < -0.39 is 65.9 Å². The van der Waals surface area contributed by atoms with Crippen molar-refractivity contribution < 1.29 is 59.2 Å². The summed E-state index contributed by atoms with van der Waals surface area (Å²) in [6, 6.07) is 9.42. The molecule has 0 saturated carbocycles. The fraction of sp³-hybridized carbons (Fsp3) is 0.560. The zero-order valence-corrected chi connectivity index (χ0v) is 20.4. The van der Waals surface area contributed by atoms with Gasteiger partial charge in [-0.2, -0.15) is 0 Å². The van der Waals surface area contributed by atoms with E-state index in [1.807, 2.05) is 37.3 Å². The molecule has 12 nitrogen and oxygen atoms in total. The first kappa shape index (κ1) is 28.7. The number of carboxylic acid groups (broad SMARTS) is 2. The van der Waals surface area contributed by atoms with Crippen LogP contribution < -0.4 is 0 Å². The Hall–Kier alpha value is -2.87. The second kappa shape index (κ2) is 10.5. The Morgan fingerprint density at radius 1 is 1.11 bits per heavy atom. The van der Waals surface area contributed by atoms with Crippen LogP contribution in [0.1, 0.15) is 32.3 Å². The third-order valence-corrected chi connectivity index (χ3v) is 7.09. The lowest BCUT2D eigenvalue weighted by Crippen LogP contribution is -2.77. The van der Waals surface area contributed by atoms with Gasteiger partial charge >= 0.3 is 17.9 Å². The number of carboxylic acids is 2. The van der Waals surface area contributed by atoms with E-state index in [4.69, 9.17) is 14.2 Å². The van der Waals surface area contributed by atoms with Crippen LogP contribution in [0.25, 0.3) is 0 Å². The van der Waals surface area contributed by atoms with Gasteiger partial charge in [0.05, 0.1) is 6.61 Å². The first-order chi connectivity index (χ1) is 17.3. The predicted molar refractivity (Wildman–Crippen MR) is 124 cm³/mol. The van der Waals surface area contributed by atoms with Crippen molar-refractivity contribution in [1.29, 1.82) is 0 Å². The number of carbonyl (C=O) groups excluding carboxylic acids is 1. The van der Waals surface area contributed by atoms with Gasteiger partial charge in [0.1, 0.15) is 24.4 Å². The van der Waals surface area contributed by atoms with Crippen LogP contribution >= 0.6 is 0 Å². The molecule has 37 heavy (non-hydrogen) atoms. The van der Waals surface area contributed by atoms with Gasteiger partial charge in [0.15, 0.2) is 5.79 Å². The van der Waals surface area contributed by atoms with Crippen molar-refractivity contribution in [3.63, 3.8) is 0 Å². The van der Waals surface area contributed by atoms with E-state index in [1.165, 1.54) is 6.92 Å². The Kier molecular flexibility index (Phi) is 8.13. The average Bonchev–Trinajstić information content (AvgIpc) is 3.04. The Labute approximate surface area is 212 Å². The van der Waals surface area contributed by atoms with E-state index in [-0.39, 0.29) is 18.8 Å². The maximum absolute atomic E-state index is 12.2. The molecule has 0 radical (unpaired) electrons. The summed E-state index contributed by atoms with van der Waals surface area (Å²) in [5.41, 5.74) is -5.34. The van der Waals surface area contributed by atoms with E-state index >= 15 is 0 Å². The minimum Gasteiger partial charge on any atom is -0.479 e. The molecule has 204 valence electrons. The van der Waals surface area contributed by atoms with Crippen LogP contribution in [-0.2, 0) is 35.0 Å². The molecule has 0 amide bonds. The Morgan fingerprint density at radius 3 is 2.24 bits per heavy atom. The van der Waals surface area contributed by atoms with Crippen molar-refractivity contribution in [1.82, 2.24) is 0 Å². The topological polar surface area (TPSA) is 200 Å². The maximum atomic E-state index is 12.2. The molecule has 1 aromatic carbocycles. The third-order valence-electron chi connectivity index (χ3n) is 7.09. The number of fused-ring (bicyclic) bond motifs is 2. The molecule has 1 aromatic rings. The molecule has 8 atom stereocenters. The third kappa shape index (κ3) is 4.65. The summed E-state index contributed by atoms with van der Waals surface area (Å²) < 4.78 is 16.4. The molecule has 2 saturated heterocycles. The second-order valence-corrected chi connectivity index (χ2v) is 9.56. The minimum atomic E-state index is -3.44. The molecule has 0 aliphatic carbocycles. The summed E-state index contributed by atoms with van der Waals surface area (Å²) in [4.78, 5) is 36.0. The predicted octanol–water partition coefficient (Wildman–Crippen LogP) is -0.388. The second-order valence-electron chi connectivity index (χ2n) is 9.56. The number of rotatable bonds is 11. The minimum absolute atomic E-state index is 0.0831. The molecule has 6 N–H and O–H groups in total. The number of benzene rings is 1. The average molecular weight is 525 g/mol. The lowest BCUT2D eigenvalue weighted by molar-refractivity contribution is -0.382. The summed E-state index contributed by atoms with van der Waals surface area (Å²) >= 11 is 0. The van der Waals surface area contributed by atoms with E-state index in [0.717, 1.165) is 5.56 Å². The highest BCUT2D eigenvalue weighted by Crippen LogP contribution is 2.54. The van der Waals surface area contributed by atoms with E-state index in [1.54, 1.807) is 0 Å². The Bertz CT molecular complexity index is 1040. The van der Waals surface area contributed by atoms with Gasteiger partial charge in [-0.3, -0.25) is 4.79 Å². The fourth-order valence-corrected chi connectivity index (χ4v) is 5.23. The van der Waals surface area contributed by atoms with Crippen LogP contribution in [0.15, 0.2) is 42.5 Å². The van der Waals surface area contributed by atoms with Gasteiger partial charge in [-0.1, -0.05) is 43.8 Å². The molecule has 0 unspecified atom stereocenters. The van der Waals surface area contributed by atoms with Crippen molar-refractivity contribution >= 4 is 17.9 Å². The summed E-state index contributed by atoms with van der Waals surface area (Å²) in [6.07, 6.45) is -7.35. The number of aliphatic hydroxyl groups excluding tert-OH is 3. The number of hydrogen-bond acceptors (Lipinski definition) is 10. The summed E-state index contributed by atoms with van der Waals surface area (Å²) in [7, 11) is 0. The molecule has 0 aromatic heterocycles. The quantitative estimate of drug-likeness (QED) is 0.162. The van der Waals surface area contributed by atoms with Crippen molar-refractivity contribution in [3.8, 4) is 0 Å². The number of hydrogen-bond donors (Lipinski definition) is 6. The van der Waals surface area contributed by atoms with Crippen LogP contribution in [0.5, 0.6) is 0 Å². The summed E-state index contributed by atoms with van der Waals surface area (Å²) in [5.74, 6) is -7.34. The normalized spacial score (nSPS) is 34.4. The zero-order valence-electron chi connectivity index (χ0n) is 20.4. The van der Waals surface area contributed by atoms with E-state index in [9.17, 15) is 45.0 Å². The Balaban J connectivity index is 1.89. The van der Waals surface area contributed by atoms with Gasteiger partial charge in [0, 0.05) is 19.3 Å². The fourth-order valence-electron chi connectivity index (χ4n) is 5.23.